The number of para-hydroxylation sites is 1. The van der Waals surface area contributed by atoms with Gasteiger partial charge in [0.2, 0.25) is 5.89 Å². The largest absolute Gasteiger partial charge is 0.465 e. The summed E-state index contributed by atoms with van der Waals surface area (Å²) < 4.78 is 7.50. The number of nitrogens with two attached hydrogens (primary N) is 1. The van der Waals surface area contributed by atoms with Crippen LogP contribution in [0.15, 0.2) is 65.6 Å². The Hall–Kier alpha value is -4.23. The molecule has 160 valence electrons. The Kier molecular flexibility index (Phi) is 4.61. The van der Waals surface area contributed by atoms with E-state index in [1.54, 1.807) is 65.9 Å². The highest BCUT2D eigenvalue weighted by molar-refractivity contribution is 5.79. The Morgan fingerprint density at radius 3 is 2.84 bits per heavy atom. The lowest BCUT2D eigenvalue weighted by atomic mass is 9.80. The Labute approximate surface area is 182 Å². The maximum atomic E-state index is 12.5. The van der Waals surface area contributed by atoms with Crippen LogP contribution in [0.3, 0.4) is 0 Å². The summed E-state index contributed by atoms with van der Waals surface area (Å²) in [6.45, 7) is 0.0759. The predicted octanol–water partition coefficient (Wildman–Crippen LogP) is 2.49. The van der Waals surface area contributed by atoms with E-state index in [1.165, 1.54) is 4.90 Å². The van der Waals surface area contributed by atoms with E-state index in [2.05, 4.69) is 21.1 Å². The number of carboxylic acid groups (broad SMARTS) is 1. The van der Waals surface area contributed by atoms with Crippen LogP contribution in [0.5, 0.6) is 0 Å². The van der Waals surface area contributed by atoms with Crippen LogP contribution < -0.4 is 5.73 Å². The maximum absolute atomic E-state index is 12.5. The van der Waals surface area contributed by atoms with Crippen molar-refractivity contribution >= 4 is 17.2 Å². The average molecular weight is 429 g/mol. The number of benzene rings is 1. The highest BCUT2D eigenvalue weighted by Crippen LogP contribution is 2.43. The number of rotatable bonds is 3. The summed E-state index contributed by atoms with van der Waals surface area (Å²) in [5.41, 5.74) is 7.36. The number of carbonyl (C=O) groups is 1. The fraction of sp³-hybridized carbons (Fsp3) is 0.227. The molecule has 0 saturated carbocycles. The highest BCUT2D eigenvalue weighted by atomic mass is 16.4. The third-order valence-corrected chi connectivity index (χ3v) is 5.94. The second-order valence-corrected chi connectivity index (χ2v) is 7.67. The lowest BCUT2D eigenvalue weighted by Crippen LogP contribution is -2.67. The van der Waals surface area contributed by atoms with Crippen molar-refractivity contribution in [3.8, 4) is 6.07 Å². The van der Waals surface area contributed by atoms with E-state index in [-0.39, 0.29) is 6.54 Å². The molecule has 0 aliphatic carbocycles. The summed E-state index contributed by atoms with van der Waals surface area (Å²) in [5, 5.41) is 24.0. The zero-order valence-corrected chi connectivity index (χ0v) is 16.9. The summed E-state index contributed by atoms with van der Waals surface area (Å²) in [7, 11) is 0. The Bertz CT molecular complexity index is 1310. The molecule has 3 N–H and O–H groups in total. The molecular formula is C22H19N7O3. The molecule has 0 radical (unpaired) electrons. The number of likely N-dealkylation sites (tertiary alicyclic amines) is 1. The number of hydrogen-bond donors (Lipinski definition) is 2. The number of pyridine rings is 1. The highest BCUT2D eigenvalue weighted by Gasteiger charge is 2.54. The molecule has 0 bridgehead atoms. The standard InChI is InChI=1S/C22H19N7O3/c23-11-14-4-1-6-17-19(14)32-20(27-17)15-10-18(24)22(28(13-15)21(30)31,29-9-3-8-26-29)16-5-2-7-25-12-16/h1-9,12,15,18H,10,13,24H2,(H,30,31). The van der Waals surface area contributed by atoms with Crippen molar-refractivity contribution in [1.29, 1.82) is 5.26 Å². The normalized spacial score (nSPS) is 23.2. The van der Waals surface area contributed by atoms with Crippen LogP contribution in [0.2, 0.25) is 0 Å². The van der Waals surface area contributed by atoms with E-state index in [0.717, 1.165) is 0 Å². The molecule has 32 heavy (non-hydrogen) atoms. The summed E-state index contributed by atoms with van der Waals surface area (Å²) >= 11 is 0. The van der Waals surface area contributed by atoms with Crippen LogP contribution in [-0.2, 0) is 5.66 Å². The van der Waals surface area contributed by atoms with Gasteiger partial charge in [-0.1, -0.05) is 12.1 Å². The van der Waals surface area contributed by atoms with Crippen LogP contribution in [0.25, 0.3) is 11.1 Å². The minimum absolute atomic E-state index is 0.0759. The molecule has 3 aromatic heterocycles. The first kappa shape index (κ1) is 19.7. The maximum Gasteiger partial charge on any atom is 0.409 e. The number of nitrogens with zero attached hydrogens (tertiary/aromatic N) is 6. The number of aromatic nitrogens is 4. The SMILES string of the molecule is N#Cc1cccc2nc(C3CC(N)C(c4cccnc4)(n4cccn4)N(C(=O)O)C3)oc12. The van der Waals surface area contributed by atoms with E-state index < -0.39 is 23.7 Å². The molecule has 1 amide bonds. The van der Waals surface area contributed by atoms with Gasteiger partial charge in [-0.15, -0.1) is 0 Å². The summed E-state index contributed by atoms with van der Waals surface area (Å²) in [4.78, 5) is 22.5. The second kappa shape index (κ2) is 7.47. The molecule has 1 aromatic carbocycles. The first-order valence-electron chi connectivity index (χ1n) is 10.0. The molecule has 1 aliphatic rings. The molecule has 1 saturated heterocycles. The molecule has 3 unspecified atom stereocenters. The fourth-order valence-corrected chi connectivity index (χ4v) is 4.58. The van der Waals surface area contributed by atoms with Crippen molar-refractivity contribution < 1.29 is 14.3 Å². The molecule has 1 aliphatic heterocycles. The van der Waals surface area contributed by atoms with Crippen molar-refractivity contribution in [1.82, 2.24) is 24.6 Å². The summed E-state index contributed by atoms with van der Waals surface area (Å²) in [6.07, 6.45) is 5.73. The van der Waals surface area contributed by atoms with E-state index >= 15 is 0 Å². The van der Waals surface area contributed by atoms with Crippen LogP contribution in [0.1, 0.15) is 29.4 Å². The van der Waals surface area contributed by atoms with Crippen LogP contribution in [0, 0.1) is 11.3 Å². The molecule has 1 fully saturated rings. The molecule has 0 spiro atoms. The Morgan fingerprint density at radius 1 is 1.28 bits per heavy atom. The van der Waals surface area contributed by atoms with Crippen molar-refractivity contribution in [3.63, 3.8) is 0 Å². The van der Waals surface area contributed by atoms with Crippen molar-refractivity contribution in [2.24, 2.45) is 5.73 Å². The van der Waals surface area contributed by atoms with Gasteiger partial charge in [-0.05, 0) is 30.7 Å². The molecule has 10 nitrogen and oxygen atoms in total. The first-order valence-corrected chi connectivity index (χ1v) is 10.0. The van der Waals surface area contributed by atoms with Gasteiger partial charge < -0.3 is 15.3 Å². The van der Waals surface area contributed by atoms with Gasteiger partial charge in [-0.2, -0.15) is 10.4 Å². The zero-order chi connectivity index (χ0) is 22.3. The summed E-state index contributed by atoms with van der Waals surface area (Å²) in [5.74, 6) is -0.0509. The fourth-order valence-electron chi connectivity index (χ4n) is 4.58. The van der Waals surface area contributed by atoms with E-state index in [9.17, 15) is 15.2 Å². The van der Waals surface area contributed by atoms with E-state index in [0.29, 0.717) is 34.5 Å². The van der Waals surface area contributed by atoms with Crippen molar-refractivity contribution in [2.45, 2.75) is 24.0 Å². The zero-order valence-electron chi connectivity index (χ0n) is 16.9. The van der Waals surface area contributed by atoms with Gasteiger partial charge in [-0.3, -0.25) is 9.88 Å². The van der Waals surface area contributed by atoms with Crippen LogP contribution in [-0.4, -0.2) is 48.4 Å². The number of oxazole rings is 1. The van der Waals surface area contributed by atoms with Gasteiger partial charge in [0, 0.05) is 36.9 Å². The molecule has 10 heteroatoms. The molecule has 5 rings (SSSR count). The van der Waals surface area contributed by atoms with Crippen LogP contribution in [0.4, 0.5) is 4.79 Å². The molecule has 4 aromatic rings. The van der Waals surface area contributed by atoms with Gasteiger partial charge in [0.1, 0.15) is 11.6 Å². The number of nitriles is 1. The van der Waals surface area contributed by atoms with Gasteiger partial charge in [-0.25, -0.2) is 14.5 Å². The lowest BCUT2D eigenvalue weighted by molar-refractivity contribution is -0.0101. The van der Waals surface area contributed by atoms with Gasteiger partial charge >= 0.3 is 6.09 Å². The van der Waals surface area contributed by atoms with Crippen molar-refractivity contribution in [3.05, 3.63) is 78.2 Å². The number of fused-ring (bicyclic) bond motifs is 1. The molecule has 4 heterocycles. The smallest absolute Gasteiger partial charge is 0.409 e. The predicted molar refractivity (Wildman–Crippen MR) is 112 cm³/mol. The average Bonchev–Trinajstić information content (AvgIpc) is 3.49. The van der Waals surface area contributed by atoms with Crippen molar-refractivity contribution in [2.75, 3.05) is 6.54 Å². The monoisotopic (exact) mass is 429 g/mol. The number of amides is 1. The van der Waals surface area contributed by atoms with E-state index in [4.69, 9.17) is 10.2 Å². The minimum atomic E-state index is -1.29. The topological polar surface area (TPSA) is 147 Å². The minimum Gasteiger partial charge on any atom is -0.465 e. The quantitative estimate of drug-likeness (QED) is 0.505. The van der Waals surface area contributed by atoms with Gasteiger partial charge in [0.25, 0.3) is 0 Å². The Morgan fingerprint density at radius 2 is 2.16 bits per heavy atom. The van der Waals surface area contributed by atoms with Gasteiger partial charge in [0.15, 0.2) is 11.2 Å². The summed E-state index contributed by atoms with van der Waals surface area (Å²) in [6, 6.07) is 11.8. The van der Waals surface area contributed by atoms with Gasteiger partial charge in [0.05, 0.1) is 17.5 Å². The lowest BCUT2D eigenvalue weighted by Gasteiger charge is -2.51. The molecule has 3 atom stereocenters. The number of piperidine rings is 1. The third-order valence-electron chi connectivity index (χ3n) is 5.94. The second-order valence-electron chi connectivity index (χ2n) is 7.67. The first-order chi connectivity index (χ1) is 15.6. The van der Waals surface area contributed by atoms with E-state index in [1.807, 2.05) is 0 Å². The third kappa shape index (κ3) is 2.83. The van der Waals surface area contributed by atoms with Crippen LogP contribution >= 0.6 is 0 Å². The number of hydrogen-bond acceptors (Lipinski definition) is 7. The molecular weight excluding hydrogens is 410 g/mol. The Balaban J connectivity index is 1.63.